The molecule has 116 valence electrons. The first kappa shape index (κ1) is 15.1. The molecule has 1 amide bonds. The first-order chi connectivity index (χ1) is 10.6. The summed E-state index contributed by atoms with van der Waals surface area (Å²) < 4.78 is 7.33. The van der Waals surface area contributed by atoms with Crippen LogP contribution in [0.5, 0.6) is 5.75 Å². The number of amides is 1. The molecule has 0 saturated heterocycles. The van der Waals surface area contributed by atoms with Crippen LogP contribution in [0.1, 0.15) is 22.1 Å². The van der Waals surface area contributed by atoms with Gasteiger partial charge in [-0.25, -0.2) is 0 Å². The molecule has 2 aromatic rings. The highest BCUT2D eigenvalue weighted by Gasteiger charge is 2.32. The van der Waals surface area contributed by atoms with Gasteiger partial charge in [0.1, 0.15) is 16.0 Å². The molecule has 2 heterocycles. The van der Waals surface area contributed by atoms with Crippen molar-refractivity contribution in [3.63, 3.8) is 0 Å². The Labute approximate surface area is 136 Å². The average Bonchev–Trinajstić information content (AvgIpc) is 2.93. The maximum Gasteiger partial charge on any atom is 0.272 e. The Balaban J connectivity index is 1.84. The molecule has 1 aromatic heterocycles. The van der Waals surface area contributed by atoms with E-state index in [4.69, 9.17) is 4.74 Å². The third kappa shape index (κ3) is 2.74. The molecule has 0 saturated carbocycles. The van der Waals surface area contributed by atoms with E-state index in [9.17, 15) is 9.90 Å². The average molecular weight is 366 g/mol. The smallest absolute Gasteiger partial charge is 0.272 e. The number of carbonyl (C=O) groups excluding carboxylic acids is 1. The summed E-state index contributed by atoms with van der Waals surface area (Å²) in [6.07, 6.45) is 0. The fourth-order valence-electron chi connectivity index (χ4n) is 2.60. The van der Waals surface area contributed by atoms with Gasteiger partial charge in [-0.1, -0.05) is 12.1 Å². The number of rotatable bonds is 4. The molecule has 1 aliphatic heterocycles. The van der Waals surface area contributed by atoms with Gasteiger partial charge in [0.25, 0.3) is 5.91 Å². The molecule has 1 atom stereocenters. The van der Waals surface area contributed by atoms with Crippen LogP contribution in [0.2, 0.25) is 0 Å². The Bertz CT molecular complexity index is 684. The van der Waals surface area contributed by atoms with Crippen LogP contribution in [0, 0.1) is 0 Å². The summed E-state index contributed by atoms with van der Waals surface area (Å²) in [6, 6.07) is 9.06. The summed E-state index contributed by atoms with van der Waals surface area (Å²) in [4.78, 5) is 14.3. The minimum Gasteiger partial charge on any atom is -0.497 e. The summed E-state index contributed by atoms with van der Waals surface area (Å²) >= 11 is 3.28. The number of methoxy groups -OCH3 is 1. The van der Waals surface area contributed by atoms with Crippen molar-refractivity contribution in [2.75, 3.05) is 20.3 Å². The number of fused-ring (bicyclic) bond motifs is 1. The Kier molecular flexibility index (Phi) is 4.17. The zero-order valence-electron chi connectivity index (χ0n) is 12.1. The topological polar surface area (TPSA) is 67.6 Å². The molecule has 1 N–H and O–H groups in total. The second-order valence-corrected chi connectivity index (χ2v) is 5.98. The molecule has 6 nitrogen and oxygen atoms in total. The quantitative estimate of drug-likeness (QED) is 0.897. The second kappa shape index (κ2) is 6.10. The van der Waals surface area contributed by atoms with Gasteiger partial charge >= 0.3 is 0 Å². The lowest BCUT2D eigenvalue weighted by Crippen LogP contribution is -2.43. The molecule has 22 heavy (non-hydrogen) atoms. The highest BCUT2D eigenvalue weighted by Crippen LogP contribution is 2.25. The number of carbonyl (C=O) groups is 1. The predicted octanol–water partition coefficient (Wildman–Crippen LogP) is 1.84. The van der Waals surface area contributed by atoms with Crippen molar-refractivity contribution in [2.45, 2.75) is 12.6 Å². The summed E-state index contributed by atoms with van der Waals surface area (Å²) in [7, 11) is 1.62. The van der Waals surface area contributed by atoms with Crippen molar-refractivity contribution >= 4 is 21.8 Å². The Morgan fingerprint density at radius 2 is 2.14 bits per heavy atom. The number of hydrogen-bond donors (Lipinski definition) is 1. The number of halogens is 1. The third-order valence-corrected chi connectivity index (χ3v) is 4.12. The molecule has 1 aromatic carbocycles. The van der Waals surface area contributed by atoms with E-state index in [1.165, 1.54) is 0 Å². The number of aliphatic hydroxyl groups excluding tert-OH is 1. The van der Waals surface area contributed by atoms with Gasteiger partial charge in [0.2, 0.25) is 0 Å². The fourth-order valence-corrected chi connectivity index (χ4v) is 2.99. The van der Waals surface area contributed by atoms with Gasteiger partial charge < -0.3 is 14.7 Å². The van der Waals surface area contributed by atoms with Crippen molar-refractivity contribution in [3.8, 4) is 5.75 Å². The number of aromatic nitrogens is 2. The normalized spacial score (nSPS) is 17.5. The van der Waals surface area contributed by atoms with Gasteiger partial charge in [0.15, 0.2) is 0 Å². The molecule has 1 aliphatic rings. The van der Waals surface area contributed by atoms with Crippen LogP contribution < -0.4 is 4.74 Å². The van der Waals surface area contributed by atoms with E-state index >= 15 is 0 Å². The SMILES string of the molecule is COc1ccc(CN2C[C@@H](CO)n3nc(Br)cc3C2=O)cc1. The molecule has 0 bridgehead atoms. The Morgan fingerprint density at radius 1 is 1.41 bits per heavy atom. The van der Waals surface area contributed by atoms with Gasteiger partial charge in [0, 0.05) is 19.2 Å². The number of nitrogens with zero attached hydrogens (tertiary/aromatic N) is 3. The molecular formula is C15H16BrN3O3. The monoisotopic (exact) mass is 365 g/mol. The lowest BCUT2D eigenvalue weighted by atomic mass is 10.1. The maximum absolute atomic E-state index is 12.6. The van der Waals surface area contributed by atoms with Crippen molar-refractivity contribution in [3.05, 3.63) is 46.2 Å². The highest BCUT2D eigenvalue weighted by molar-refractivity contribution is 9.10. The minimum absolute atomic E-state index is 0.0620. The van der Waals surface area contributed by atoms with Crippen molar-refractivity contribution in [1.29, 1.82) is 0 Å². The van der Waals surface area contributed by atoms with Crippen LogP contribution in [0.25, 0.3) is 0 Å². The minimum atomic E-state index is -0.225. The molecule has 0 unspecified atom stereocenters. The standard InChI is InChI=1S/C15H16BrN3O3/c1-22-12-4-2-10(3-5-12)7-18-8-11(9-20)19-13(15(18)21)6-14(16)17-19/h2-6,11,20H,7-9H2,1H3/t11-/m0/s1. The predicted molar refractivity (Wildman–Crippen MR) is 83.8 cm³/mol. The summed E-state index contributed by atoms with van der Waals surface area (Å²) in [5.41, 5.74) is 1.50. The first-order valence-electron chi connectivity index (χ1n) is 6.90. The van der Waals surface area contributed by atoms with Gasteiger partial charge in [-0.3, -0.25) is 9.48 Å². The van der Waals surface area contributed by atoms with Crippen LogP contribution in [-0.2, 0) is 6.54 Å². The number of benzene rings is 1. The summed E-state index contributed by atoms with van der Waals surface area (Å²) in [5.74, 6) is 0.697. The Hall–Kier alpha value is -1.86. The van der Waals surface area contributed by atoms with Crippen molar-refractivity contribution in [2.24, 2.45) is 0 Å². The van der Waals surface area contributed by atoms with Gasteiger partial charge in [-0.05, 0) is 33.6 Å². The molecule has 7 heteroatoms. The molecule has 0 fully saturated rings. The molecular weight excluding hydrogens is 350 g/mol. The highest BCUT2D eigenvalue weighted by atomic mass is 79.9. The van der Waals surface area contributed by atoms with E-state index < -0.39 is 0 Å². The van der Waals surface area contributed by atoms with E-state index in [0.717, 1.165) is 11.3 Å². The molecule has 0 radical (unpaired) electrons. The zero-order valence-corrected chi connectivity index (χ0v) is 13.7. The fraction of sp³-hybridized carbons (Fsp3) is 0.333. The summed E-state index contributed by atoms with van der Waals surface area (Å²) in [5, 5.41) is 13.8. The lowest BCUT2D eigenvalue weighted by Gasteiger charge is -2.32. The van der Waals surface area contributed by atoms with E-state index in [1.807, 2.05) is 24.3 Å². The lowest BCUT2D eigenvalue weighted by molar-refractivity contribution is 0.0592. The van der Waals surface area contributed by atoms with Crippen molar-refractivity contribution in [1.82, 2.24) is 14.7 Å². The first-order valence-corrected chi connectivity index (χ1v) is 7.69. The van der Waals surface area contributed by atoms with E-state index in [2.05, 4.69) is 21.0 Å². The van der Waals surface area contributed by atoms with Crippen LogP contribution in [0.4, 0.5) is 0 Å². The van der Waals surface area contributed by atoms with Gasteiger partial charge in [-0.15, -0.1) is 0 Å². The third-order valence-electron chi connectivity index (χ3n) is 3.73. The van der Waals surface area contributed by atoms with Crippen LogP contribution in [0.15, 0.2) is 34.9 Å². The van der Waals surface area contributed by atoms with E-state index in [0.29, 0.717) is 23.4 Å². The van der Waals surface area contributed by atoms with Gasteiger partial charge in [0.05, 0.1) is 19.8 Å². The van der Waals surface area contributed by atoms with E-state index in [-0.39, 0.29) is 18.6 Å². The molecule has 3 rings (SSSR count). The van der Waals surface area contributed by atoms with Crippen molar-refractivity contribution < 1.29 is 14.6 Å². The summed E-state index contributed by atoms with van der Waals surface area (Å²) in [6.45, 7) is 0.859. The second-order valence-electron chi connectivity index (χ2n) is 5.17. The molecule has 0 aliphatic carbocycles. The van der Waals surface area contributed by atoms with Crippen LogP contribution >= 0.6 is 15.9 Å². The van der Waals surface area contributed by atoms with Crippen LogP contribution in [0.3, 0.4) is 0 Å². The van der Waals surface area contributed by atoms with E-state index in [1.54, 1.807) is 22.8 Å². The number of ether oxygens (including phenoxy) is 1. The number of hydrogen-bond acceptors (Lipinski definition) is 4. The maximum atomic E-state index is 12.6. The number of aliphatic hydroxyl groups is 1. The Morgan fingerprint density at radius 3 is 2.77 bits per heavy atom. The zero-order chi connectivity index (χ0) is 15.7. The van der Waals surface area contributed by atoms with Crippen LogP contribution in [-0.4, -0.2) is 46.0 Å². The van der Waals surface area contributed by atoms with Gasteiger partial charge in [-0.2, -0.15) is 5.10 Å². The largest absolute Gasteiger partial charge is 0.497 e. The molecule has 0 spiro atoms.